The Kier molecular flexibility index (Phi) is 5.08. The third-order valence-corrected chi connectivity index (χ3v) is 3.40. The molecular weight excluding hydrogens is 256 g/mol. The van der Waals surface area contributed by atoms with Crippen molar-refractivity contribution in [2.75, 3.05) is 0 Å². The number of hydrogen-bond donors (Lipinski definition) is 0. The Bertz CT molecular complexity index is 637. The van der Waals surface area contributed by atoms with Crippen LogP contribution < -0.4 is 0 Å². The van der Waals surface area contributed by atoms with E-state index in [-0.39, 0.29) is 0 Å². The number of hydrogen-bond acceptors (Lipinski definition) is 2. The summed E-state index contributed by atoms with van der Waals surface area (Å²) in [5, 5.41) is 0. The van der Waals surface area contributed by atoms with Crippen molar-refractivity contribution in [3.63, 3.8) is 0 Å². The van der Waals surface area contributed by atoms with Gasteiger partial charge >= 0.3 is 0 Å². The molecule has 0 aliphatic heterocycles. The largest absolute Gasteiger partial charge is 0.255 e. The highest BCUT2D eigenvalue weighted by Crippen LogP contribution is 2.29. The van der Waals surface area contributed by atoms with Gasteiger partial charge in [-0.25, -0.2) is 0 Å². The summed E-state index contributed by atoms with van der Waals surface area (Å²) in [6.07, 6.45) is 9.75. The van der Waals surface area contributed by atoms with E-state index in [4.69, 9.17) is 4.99 Å². The highest BCUT2D eigenvalue weighted by atomic mass is 14.8. The van der Waals surface area contributed by atoms with Crippen molar-refractivity contribution >= 4 is 6.21 Å². The van der Waals surface area contributed by atoms with Crippen molar-refractivity contribution in [1.29, 1.82) is 0 Å². The fourth-order valence-corrected chi connectivity index (χ4v) is 2.23. The number of nitrogens with zero attached hydrogens (tertiary/aromatic N) is 2. The molecular formula is C19H22N2. The van der Waals surface area contributed by atoms with Crippen LogP contribution in [0.1, 0.15) is 33.4 Å². The van der Waals surface area contributed by atoms with E-state index in [2.05, 4.69) is 44.5 Å². The average Bonchev–Trinajstić information content (AvgIpc) is 2.68. The minimum atomic E-state index is 0.405. The van der Waals surface area contributed by atoms with Crippen LogP contribution in [0.15, 0.2) is 70.2 Å². The molecule has 0 amide bonds. The lowest BCUT2D eigenvalue weighted by atomic mass is 9.92. The van der Waals surface area contributed by atoms with Gasteiger partial charge < -0.3 is 0 Å². The Morgan fingerprint density at radius 1 is 1.14 bits per heavy atom. The van der Waals surface area contributed by atoms with Crippen molar-refractivity contribution in [3.05, 3.63) is 70.9 Å². The smallest absolute Gasteiger partial charge is 0.0812 e. The van der Waals surface area contributed by atoms with Crippen LogP contribution in [0, 0.1) is 11.8 Å². The van der Waals surface area contributed by atoms with Crippen molar-refractivity contribution in [1.82, 2.24) is 4.98 Å². The van der Waals surface area contributed by atoms with Gasteiger partial charge in [0, 0.05) is 6.20 Å². The van der Waals surface area contributed by atoms with Crippen molar-refractivity contribution in [2.24, 2.45) is 16.8 Å². The first-order valence-corrected chi connectivity index (χ1v) is 7.42. The van der Waals surface area contributed by atoms with Crippen molar-refractivity contribution in [3.8, 4) is 0 Å². The summed E-state index contributed by atoms with van der Waals surface area (Å²) in [4.78, 5) is 9.05. The number of rotatable bonds is 4. The Balaban J connectivity index is 2.47. The molecule has 0 N–H and O–H groups in total. The lowest BCUT2D eigenvalue weighted by Crippen LogP contribution is -2.03. The van der Waals surface area contributed by atoms with Gasteiger partial charge in [-0.05, 0) is 53.3 Å². The minimum Gasteiger partial charge on any atom is -0.255 e. The predicted octanol–water partition coefficient (Wildman–Crippen LogP) is 4.72. The third-order valence-electron chi connectivity index (χ3n) is 3.40. The molecule has 0 saturated carbocycles. The molecule has 1 aromatic rings. The van der Waals surface area contributed by atoms with Crippen LogP contribution in [0.5, 0.6) is 0 Å². The zero-order valence-corrected chi connectivity index (χ0v) is 13.2. The maximum Gasteiger partial charge on any atom is 0.0812 e. The van der Waals surface area contributed by atoms with E-state index in [9.17, 15) is 0 Å². The van der Waals surface area contributed by atoms with Crippen LogP contribution in [0.25, 0.3) is 0 Å². The van der Waals surface area contributed by atoms with E-state index in [1.807, 2.05) is 36.6 Å². The topological polar surface area (TPSA) is 25.2 Å². The Labute approximate surface area is 127 Å². The maximum atomic E-state index is 4.75. The summed E-state index contributed by atoms with van der Waals surface area (Å²) in [7, 11) is 0. The Morgan fingerprint density at radius 2 is 1.95 bits per heavy atom. The molecule has 0 bridgehead atoms. The molecule has 1 heterocycles. The Hall–Kier alpha value is -2.18. The van der Waals surface area contributed by atoms with Crippen molar-refractivity contribution in [2.45, 2.75) is 27.7 Å². The molecule has 1 aliphatic rings. The second-order valence-corrected chi connectivity index (χ2v) is 5.73. The van der Waals surface area contributed by atoms with E-state index < -0.39 is 0 Å². The van der Waals surface area contributed by atoms with E-state index >= 15 is 0 Å². The molecule has 2 heteroatoms. The molecule has 21 heavy (non-hydrogen) atoms. The van der Waals surface area contributed by atoms with E-state index in [0.717, 1.165) is 11.4 Å². The van der Waals surface area contributed by atoms with Gasteiger partial charge in [-0.2, -0.15) is 0 Å². The quantitative estimate of drug-likeness (QED) is 0.578. The first-order valence-electron chi connectivity index (χ1n) is 7.42. The van der Waals surface area contributed by atoms with E-state index in [1.165, 1.54) is 11.1 Å². The van der Waals surface area contributed by atoms with Gasteiger partial charge in [0.15, 0.2) is 0 Å². The molecule has 0 unspecified atom stereocenters. The molecule has 0 aromatic carbocycles. The summed E-state index contributed by atoms with van der Waals surface area (Å²) < 4.78 is 0. The van der Waals surface area contributed by atoms with Crippen LogP contribution in [0.3, 0.4) is 0 Å². The fraction of sp³-hybridized carbons (Fsp3) is 0.316. The fourth-order valence-electron chi connectivity index (χ4n) is 2.23. The van der Waals surface area contributed by atoms with Crippen LogP contribution in [0.4, 0.5) is 0 Å². The molecule has 0 spiro atoms. The van der Waals surface area contributed by atoms with Gasteiger partial charge in [0.2, 0.25) is 0 Å². The first-order chi connectivity index (χ1) is 10.1. The third kappa shape index (κ3) is 3.90. The minimum absolute atomic E-state index is 0.405. The lowest BCUT2D eigenvalue weighted by molar-refractivity contribution is 0.742. The van der Waals surface area contributed by atoms with E-state index in [1.54, 1.807) is 6.20 Å². The number of pyridine rings is 1. The maximum absolute atomic E-state index is 4.75. The predicted molar refractivity (Wildman–Crippen MR) is 89.3 cm³/mol. The highest BCUT2D eigenvalue weighted by Gasteiger charge is 2.15. The number of allylic oxidation sites excluding steroid dienone is 4. The number of aliphatic imine (C=N–C) groups is 1. The summed E-state index contributed by atoms with van der Waals surface area (Å²) in [5.41, 5.74) is 7.60. The molecule has 0 radical (unpaired) electrons. The average molecular weight is 278 g/mol. The zero-order chi connectivity index (χ0) is 15.2. The van der Waals surface area contributed by atoms with Gasteiger partial charge in [0.05, 0.1) is 17.6 Å². The second kappa shape index (κ2) is 7.01. The SMILES string of the molecule is CC(C)C1=CC=C=CC(C(C)C)=C1/N=C/c1ccccn1. The van der Waals surface area contributed by atoms with Crippen LogP contribution in [-0.2, 0) is 0 Å². The van der Waals surface area contributed by atoms with Crippen LogP contribution in [-0.4, -0.2) is 11.2 Å². The van der Waals surface area contributed by atoms with Gasteiger partial charge in [0.1, 0.15) is 0 Å². The molecule has 0 fully saturated rings. The normalized spacial score (nSPS) is 15.2. The monoisotopic (exact) mass is 278 g/mol. The van der Waals surface area contributed by atoms with E-state index in [0.29, 0.717) is 11.8 Å². The lowest BCUT2D eigenvalue weighted by Gasteiger charge is -2.16. The van der Waals surface area contributed by atoms with Crippen molar-refractivity contribution < 1.29 is 0 Å². The zero-order valence-electron chi connectivity index (χ0n) is 13.2. The number of aromatic nitrogens is 1. The molecule has 2 nitrogen and oxygen atoms in total. The summed E-state index contributed by atoms with van der Waals surface area (Å²) in [5.74, 6) is 0.821. The molecule has 1 aromatic heterocycles. The van der Waals surface area contributed by atoms with Crippen LogP contribution in [0.2, 0.25) is 0 Å². The van der Waals surface area contributed by atoms with Gasteiger partial charge in [-0.3, -0.25) is 9.98 Å². The standard InChI is InChI=1S/C19H22N2/c1-14(2)17-10-5-6-11-18(15(3)4)19(17)21-13-16-9-7-8-12-20-16/h5,7-15H,1-4H3/b21-13+. The highest BCUT2D eigenvalue weighted by molar-refractivity contribution is 5.78. The van der Waals surface area contributed by atoms with Gasteiger partial charge in [-0.15, -0.1) is 5.73 Å². The molecule has 0 saturated heterocycles. The first kappa shape index (κ1) is 15.2. The van der Waals surface area contributed by atoms with Gasteiger partial charge in [-0.1, -0.05) is 33.8 Å². The molecule has 0 atom stereocenters. The second-order valence-electron chi connectivity index (χ2n) is 5.73. The van der Waals surface area contributed by atoms with Gasteiger partial charge in [0.25, 0.3) is 0 Å². The summed E-state index contributed by atoms with van der Waals surface area (Å²) in [6.45, 7) is 8.76. The van der Waals surface area contributed by atoms with Crippen LogP contribution >= 0.6 is 0 Å². The summed E-state index contributed by atoms with van der Waals surface area (Å²) >= 11 is 0. The molecule has 108 valence electrons. The molecule has 1 aliphatic carbocycles. The molecule has 2 rings (SSSR count). The summed E-state index contributed by atoms with van der Waals surface area (Å²) in [6, 6.07) is 5.84. The Morgan fingerprint density at radius 3 is 2.57 bits per heavy atom.